The highest BCUT2D eigenvalue weighted by molar-refractivity contribution is 5.80. The van der Waals surface area contributed by atoms with Crippen LogP contribution in [-0.2, 0) is 0 Å². The molecule has 0 saturated heterocycles. The van der Waals surface area contributed by atoms with Crippen LogP contribution in [0.3, 0.4) is 0 Å². The standard InChI is InChI=1S/C17H18N6/c1-11-5-7-13(8-6-11)22-16-14(18)17(21-10-20-16)23-15-12(2)4-3-9-19-15/h3-10H,18H2,1-2H3,(H2,19,20,21,22,23). The molecule has 6 heteroatoms. The summed E-state index contributed by atoms with van der Waals surface area (Å²) in [6.07, 6.45) is 3.19. The Kier molecular flexibility index (Phi) is 4.05. The van der Waals surface area contributed by atoms with E-state index in [0.717, 1.165) is 17.1 Å². The first-order valence-corrected chi connectivity index (χ1v) is 7.26. The summed E-state index contributed by atoms with van der Waals surface area (Å²) in [5.41, 5.74) is 9.75. The van der Waals surface area contributed by atoms with Gasteiger partial charge in [0.15, 0.2) is 11.6 Å². The first-order valence-electron chi connectivity index (χ1n) is 7.26. The van der Waals surface area contributed by atoms with Crippen molar-refractivity contribution in [3.63, 3.8) is 0 Å². The third-order valence-electron chi connectivity index (χ3n) is 3.44. The Morgan fingerprint density at radius 3 is 2.22 bits per heavy atom. The number of aryl methyl sites for hydroxylation is 2. The van der Waals surface area contributed by atoms with E-state index in [1.54, 1.807) is 6.20 Å². The Morgan fingerprint density at radius 1 is 0.826 bits per heavy atom. The highest BCUT2D eigenvalue weighted by atomic mass is 15.1. The second-order valence-electron chi connectivity index (χ2n) is 5.27. The quantitative estimate of drug-likeness (QED) is 0.683. The number of nitrogens with one attached hydrogen (secondary N) is 2. The molecule has 0 aliphatic rings. The SMILES string of the molecule is Cc1ccc(Nc2ncnc(Nc3ncccc3C)c2N)cc1. The minimum absolute atomic E-state index is 0.443. The van der Waals surface area contributed by atoms with E-state index in [-0.39, 0.29) is 0 Å². The average molecular weight is 306 g/mol. The molecule has 6 nitrogen and oxygen atoms in total. The number of pyridine rings is 1. The van der Waals surface area contributed by atoms with Crippen LogP contribution in [0, 0.1) is 13.8 Å². The van der Waals surface area contributed by atoms with Gasteiger partial charge < -0.3 is 16.4 Å². The van der Waals surface area contributed by atoms with Gasteiger partial charge in [-0.15, -0.1) is 0 Å². The summed E-state index contributed by atoms with van der Waals surface area (Å²) < 4.78 is 0. The smallest absolute Gasteiger partial charge is 0.160 e. The van der Waals surface area contributed by atoms with Crippen LogP contribution in [0.2, 0.25) is 0 Å². The molecule has 3 aromatic rings. The zero-order valence-corrected chi connectivity index (χ0v) is 13.0. The molecule has 0 unspecified atom stereocenters. The van der Waals surface area contributed by atoms with Gasteiger partial charge in [-0.1, -0.05) is 23.8 Å². The monoisotopic (exact) mass is 306 g/mol. The third-order valence-corrected chi connectivity index (χ3v) is 3.44. The number of nitrogens with zero attached hydrogens (tertiary/aromatic N) is 3. The van der Waals surface area contributed by atoms with Gasteiger partial charge in [0.2, 0.25) is 0 Å². The topological polar surface area (TPSA) is 88.8 Å². The van der Waals surface area contributed by atoms with E-state index in [0.29, 0.717) is 17.3 Å². The summed E-state index contributed by atoms with van der Waals surface area (Å²) in [6, 6.07) is 11.9. The molecule has 4 N–H and O–H groups in total. The molecule has 1 aromatic carbocycles. The summed E-state index contributed by atoms with van der Waals surface area (Å²) in [5, 5.41) is 6.35. The van der Waals surface area contributed by atoms with Crippen LogP contribution in [0.15, 0.2) is 48.9 Å². The van der Waals surface area contributed by atoms with Gasteiger partial charge in [-0.2, -0.15) is 0 Å². The van der Waals surface area contributed by atoms with Gasteiger partial charge in [-0.3, -0.25) is 0 Å². The molecule has 0 aliphatic carbocycles. The van der Waals surface area contributed by atoms with Crippen molar-refractivity contribution in [3.8, 4) is 0 Å². The molecule has 0 fully saturated rings. The summed E-state index contributed by atoms with van der Waals surface area (Å²) in [4.78, 5) is 12.7. The number of nitrogen functional groups attached to an aromatic ring is 1. The lowest BCUT2D eigenvalue weighted by molar-refractivity contribution is 1.15. The minimum atomic E-state index is 0.443. The van der Waals surface area contributed by atoms with Crippen molar-refractivity contribution >= 4 is 28.8 Å². The fraction of sp³-hybridized carbons (Fsp3) is 0.118. The van der Waals surface area contributed by atoms with E-state index >= 15 is 0 Å². The Morgan fingerprint density at radius 2 is 1.52 bits per heavy atom. The van der Waals surface area contributed by atoms with Crippen molar-refractivity contribution in [1.82, 2.24) is 15.0 Å². The summed E-state index contributed by atoms with van der Waals surface area (Å²) >= 11 is 0. The van der Waals surface area contributed by atoms with E-state index < -0.39 is 0 Å². The Labute approximate surface area is 134 Å². The van der Waals surface area contributed by atoms with Crippen molar-refractivity contribution in [2.75, 3.05) is 16.4 Å². The molecular formula is C17H18N6. The Bertz CT molecular complexity index is 814. The molecule has 0 radical (unpaired) electrons. The number of nitrogens with two attached hydrogens (primary N) is 1. The van der Waals surface area contributed by atoms with Gasteiger partial charge in [-0.05, 0) is 37.6 Å². The molecule has 23 heavy (non-hydrogen) atoms. The van der Waals surface area contributed by atoms with Crippen LogP contribution >= 0.6 is 0 Å². The minimum Gasteiger partial charge on any atom is -0.393 e. The van der Waals surface area contributed by atoms with E-state index in [9.17, 15) is 0 Å². The molecule has 0 saturated carbocycles. The van der Waals surface area contributed by atoms with Crippen LogP contribution in [0.1, 0.15) is 11.1 Å². The first-order chi connectivity index (χ1) is 11.1. The normalized spacial score (nSPS) is 10.3. The van der Waals surface area contributed by atoms with Crippen LogP contribution in [-0.4, -0.2) is 15.0 Å². The van der Waals surface area contributed by atoms with Gasteiger partial charge >= 0.3 is 0 Å². The fourth-order valence-corrected chi connectivity index (χ4v) is 2.10. The first kappa shape index (κ1) is 14.8. The molecule has 2 aromatic heterocycles. The van der Waals surface area contributed by atoms with E-state index in [1.807, 2.05) is 50.2 Å². The molecule has 0 spiro atoms. The largest absolute Gasteiger partial charge is 0.393 e. The van der Waals surface area contributed by atoms with Crippen molar-refractivity contribution in [2.45, 2.75) is 13.8 Å². The van der Waals surface area contributed by atoms with Gasteiger partial charge in [0.1, 0.15) is 17.8 Å². The predicted molar refractivity (Wildman–Crippen MR) is 93.2 cm³/mol. The molecule has 0 bridgehead atoms. The maximum Gasteiger partial charge on any atom is 0.160 e. The lowest BCUT2D eigenvalue weighted by Gasteiger charge is -2.13. The zero-order valence-electron chi connectivity index (χ0n) is 13.0. The lowest BCUT2D eigenvalue weighted by Crippen LogP contribution is -2.06. The molecule has 0 aliphatic heterocycles. The third kappa shape index (κ3) is 3.37. The molecule has 0 amide bonds. The van der Waals surface area contributed by atoms with E-state index in [2.05, 4.69) is 25.6 Å². The highest BCUT2D eigenvalue weighted by Crippen LogP contribution is 2.28. The summed E-state index contributed by atoms with van der Waals surface area (Å²) in [5.74, 6) is 1.80. The highest BCUT2D eigenvalue weighted by Gasteiger charge is 2.10. The number of benzene rings is 1. The van der Waals surface area contributed by atoms with E-state index in [4.69, 9.17) is 5.73 Å². The zero-order chi connectivity index (χ0) is 16.2. The molecule has 3 rings (SSSR count). The fourth-order valence-electron chi connectivity index (χ4n) is 2.10. The second kappa shape index (κ2) is 6.31. The van der Waals surface area contributed by atoms with Crippen LogP contribution in [0.4, 0.5) is 28.8 Å². The van der Waals surface area contributed by atoms with Gasteiger partial charge in [0.05, 0.1) is 0 Å². The number of rotatable bonds is 4. The van der Waals surface area contributed by atoms with Crippen LogP contribution in [0.25, 0.3) is 0 Å². The summed E-state index contributed by atoms with van der Waals surface area (Å²) in [7, 11) is 0. The maximum absolute atomic E-state index is 6.18. The Balaban J connectivity index is 1.86. The summed E-state index contributed by atoms with van der Waals surface area (Å²) in [6.45, 7) is 4.01. The number of hydrogen-bond donors (Lipinski definition) is 3. The van der Waals surface area contributed by atoms with E-state index in [1.165, 1.54) is 11.9 Å². The number of hydrogen-bond acceptors (Lipinski definition) is 6. The molecular weight excluding hydrogens is 288 g/mol. The van der Waals surface area contributed by atoms with Gasteiger partial charge in [0.25, 0.3) is 0 Å². The predicted octanol–water partition coefficient (Wildman–Crippen LogP) is 3.56. The number of aromatic nitrogens is 3. The Hall–Kier alpha value is -3.15. The molecule has 116 valence electrons. The maximum atomic E-state index is 6.18. The number of anilines is 5. The van der Waals surface area contributed by atoms with Crippen molar-refractivity contribution in [2.24, 2.45) is 0 Å². The molecule has 2 heterocycles. The lowest BCUT2D eigenvalue weighted by atomic mass is 10.2. The van der Waals surface area contributed by atoms with Gasteiger partial charge in [0, 0.05) is 11.9 Å². The van der Waals surface area contributed by atoms with Gasteiger partial charge in [-0.25, -0.2) is 15.0 Å². The van der Waals surface area contributed by atoms with Crippen LogP contribution < -0.4 is 16.4 Å². The van der Waals surface area contributed by atoms with Crippen molar-refractivity contribution in [3.05, 3.63) is 60.0 Å². The van der Waals surface area contributed by atoms with Crippen molar-refractivity contribution in [1.29, 1.82) is 0 Å². The van der Waals surface area contributed by atoms with Crippen molar-refractivity contribution < 1.29 is 0 Å². The average Bonchev–Trinajstić information content (AvgIpc) is 2.55. The van der Waals surface area contributed by atoms with Crippen LogP contribution in [0.5, 0.6) is 0 Å². The molecule has 0 atom stereocenters. The second-order valence-corrected chi connectivity index (χ2v) is 5.27.